The molecule has 8 heteroatoms. The number of anilines is 1. The highest BCUT2D eigenvalue weighted by Crippen LogP contribution is 2.28. The highest BCUT2D eigenvalue weighted by molar-refractivity contribution is 8.01. The first-order valence-electron chi connectivity index (χ1n) is 6.85. The third-order valence-corrected chi connectivity index (χ3v) is 5.11. The van der Waals surface area contributed by atoms with Crippen LogP contribution in [-0.2, 0) is 9.53 Å². The Bertz CT molecular complexity index is 490. The summed E-state index contributed by atoms with van der Waals surface area (Å²) in [7, 11) is 0. The standard InChI is InChI=1S/C13H18ClN3O2S2/c1-9(14)7-19-11(18)8-20-13-17-16-12(21-13)15-10-5-3-2-4-6-10/h10H,1-8H2,(H,15,16). The molecule has 0 radical (unpaired) electrons. The molecule has 0 aliphatic heterocycles. The molecule has 0 atom stereocenters. The minimum Gasteiger partial charge on any atom is -0.459 e. The van der Waals surface area contributed by atoms with E-state index in [4.69, 9.17) is 16.3 Å². The molecule has 1 saturated carbocycles. The van der Waals surface area contributed by atoms with E-state index in [1.165, 1.54) is 55.2 Å². The van der Waals surface area contributed by atoms with Crippen LogP contribution in [0.1, 0.15) is 32.1 Å². The summed E-state index contributed by atoms with van der Waals surface area (Å²) in [5.74, 6) is -0.138. The Morgan fingerprint density at radius 2 is 2.19 bits per heavy atom. The molecule has 1 heterocycles. The molecule has 21 heavy (non-hydrogen) atoms. The first kappa shape index (κ1) is 16.6. The van der Waals surface area contributed by atoms with E-state index in [-0.39, 0.29) is 18.3 Å². The van der Waals surface area contributed by atoms with Gasteiger partial charge in [-0.2, -0.15) is 0 Å². The van der Waals surface area contributed by atoms with Crippen molar-refractivity contribution in [3.63, 3.8) is 0 Å². The molecule has 0 bridgehead atoms. The smallest absolute Gasteiger partial charge is 0.316 e. The molecule has 1 aromatic rings. The number of aromatic nitrogens is 2. The molecule has 0 spiro atoms. The van der Waals surface area contributed by atoms with Gasteiger partial charge in [-0.3, -0.25) is 4.79 Å². The third-order valence-electron chi connectivity index (χ3n) is 3.04. The molecule has 1 fully saturated rings. The zero-order chi connectivity index (χ0) is 15.1. The Hall–Kier alpha value is -0.790. The lowest BCUT2D eigenvalue weighted by Crippen LogP contribution is -2.21. The normalized spacial score (nSPS) is 15.7. The van der Waals surface area contributed by atoms with E-state index in [9.17, 15) is 4.79 Å². The number of hydrogen-bond donors (Lipinski definition) is 1. The summed E-state index contributed by atoms with van der Waals surface area (Å²) in [5, 5.41) is 12.7. The molecule has 1 aromatic heterocycles. The van der Waals surface area contributed by atoms with Gasteiger partial charge < -0.3 is 10.1 Å². The van der Waals surface area contributed by atoms with Crippen LogP contribution >= 0.6 is 34.7 Å². The van der Waals surface area contributed by atoms with Crippen LogP contribution in [0.4, 0.5) is 5.13 Å². The molecule has 1 N–H and O–H groups in total. The summed E-state index contributed by atoms with van der Waals surface area (Å²) in [6, 6.07) is 0.504. The number of hydrogen-bond acceptors (Lipinski definition) is 7. The Kier molecular flexibility index (Phi) is 6.79. The van der Waals surface area contributed by atoms with Crippen molar-refractivity contribution in [2.24, 2.45) is 0 Å². The molecule has 0 saturated heterocycles. The van der Waals surface area contributed by atoms with Crippen molar-refractivity contribution in [3.8, 4) is 0 Å². The van der Waals surface area contributed by atoms with Crippen LogP contribution in [0.25, 0.3) is 0 Å². The van der Waals surface area contributed by atoms with Crippen molar-refractivity contribution in [1.29, 1.82) is 0 Å². The highest BCUT2D eigenvalue weighted by Gasteiger charge is 2.15. The SMILES string of the molecule is C=C(Cl)COC(=O)CSc1nnc(NC2CCCCC2)s1. The van der Waals surface area contributed by atoms with E-state index >= 15 is 0 Å². The summed E-state index contributed by atoms with van der Waals surface area (Å²) < 4.78 is 5.66. The molecule has 1 aliphatic carbocycles. The van der Waals surface area contributed by atoms with Gasteiger partial charge in [0.05, 0.1) is 5.75 Å². The predicted octanol–water partition coefficient (Wildman–Crippen LogP) is 3.67. The molecule has 0 aromatic carbocycles. The van der Waals surface area contributed by atoms with Crippen molar-refractivity contribution in [2.75, 3.05) is 17.7 Å². The van der Waals surface area contributed by atoms with Gasteiger partial charge in [0.1, 0.15) is 6.61 Å². The van der Waals surface area contributed by atoms with Gasteiger partial charge in [-0.15, -0.1) is 10.2 Å². The van der Waals surface area contributed by atoms with Crippen LogP contribution in [0.2, 0.25) is 0 Å². The van der Waals surface area contributed by atoms with Crippen LogP contribution in [-0.4, -0.2) is 34.6 Å². The maximum absolute atomic E-state index is 11.4. The van der Waals surface area contributed by atoms with Gasteiger partial charge in [-0.1, -0.05) is 60.5 Å². The Labute approximate surface area is 137 Å². The molecule has 0 unspecified atom stereocenters. The summed E-state index contributed by atoms with van der Waals surface area (Å²) in [5.41, 5.74) is 0. The second-order valence-electron chi connectivity index (χ2n) is 4.82. The quantitative estimate of drug-likeness (QED) is 0.599. The number of rotatable bonds is 7. The number of halogens is 1. The number of nitrogens with zero attached hydrogens (tertiary/aromatic N) is 2. The summed E-state index contributed by atoms with van der Waals surface area (Å²) in [4.78, 5) is 11.4. The summed E-state index contributed by atoms with van der Waals surface area (Å²) in [6.07, 6.45) is 6.26. The lowest BCUT2D eigenvalue weighted by atomic mass is 9.96. The third kappa shape index (κ3) is 6.23. The molecular weight excluding hydrogens is 330 g/mol. The zero-order valence-corrected chi connectivity index (χ0v) is 14.0. The van der Waals surface area contributed by atoms with Gasteiger partial charge in [0.25, 0.3) is 0 Å². The van der Waals surface area contributed by atoms with Crippen LogP contribution < -0.4 is 5.32 Å². The van der Waals surface area contributed by atoms with Crippen molar-refractivity contribution < 1.29 is 9.53 Å². The molecule has 5 nitrogen and oxygen atoms in total. The molecule has 0 amide bonds. The lowest BCUT2D eigenvalue weighted by Gasteiger charge is -2.21. The number of nitrogens with one attached hydrogen (secondary N) is 1. The van der Waals surface area contributed by atoms with Crippen LogP contribution in [0, 0.1) is 0 Å². The second-order valence-corrected chi connectivity index (χ2v) is 7.55. The fraction of sp³-hybridized carbons (Fsp3) is 0.615. The van der Waals surface area contributed by atoms with Crippen molar-refractivity contribution in [2.45, 2.75) is 42.5 Å². The Morgan fingerprint density at radius 1 is 1.43 bits per heavy atom. The van der Waals surface area contributed by atoms with Crippen molar-refractivity contribution in [3.05, 3.63) is 11.6 Å². The fourth-order valence-electron chi connectivity index (χ4n) is 2.07. The van der Waals surface area contributed by atoms with Gasteiger partial charge >= 0.3 is 5.97 Å². The number of ether oxygens (including phenoxy) is 1. The minimum absolute atomic E-state index is 0.0472. The second kappa shape index (κ2) is 8.60. The van der Waals surface area contributed by atoms with Gasteiger partial charge in [-0.25, -0.2) is 0 Å². The van der Waals surface area contributed by atoms with Crippen LogP contribution in [0.3, 0.4) is 0 Å². The van der Waals surface area contributed by atoms with E-state index in [0.717, 1.165) is 9.47 Å². The van der Waals surface area contributed by atoms with Crippen LogP contribution in [0.15, 0.2) is 16.0 Å². The summed E-state index contributed by atoms with van der Waals surface area (Å²) in [6.45, 7) is 3.50. The highest BCUT2D eigenvalue weighted by atomic mass is 35.5. The number of carbonyl (C=O) groups is 1. The topological polar surface area (TPSA) is 64.1 Å². The van der Waals surface area contributed by atoms with E-state index in [1.54, 1.807) is 0 Å². The van der Waals surface area contributed by atoms with Gasteiger partial charge in [0.2, 0.25) is 5.13 Å². The first-order chi connectivity index (χ1) is 10.1. The largest absolute Gasteiger partial charge is 0.459 e. The monoisotopic (exact) mass is 347 g/mol. The van der Waals surface area contributed by atoms with Gasteiger partial charge in [-0.05, 0) is 12.8 Å². The first-order valence-corrected chi connectivity index (χ1v) is 9.03. The van der Waals surface area contributed by atoms with E-state index in [1.807, 2.05) is 0 Å². The Balaban J connectivity index is 1.72. The fourth-order valence-corrected chi connectivity index (χ4v) is 3.75. The van der Waals surface area contributed by atoms with E-state index < -0.39 is 0 Å². The molecular formula is C13H18ClN3O2S2. The van der Waals surface area contributed by atoms with Crippen molar-refractivity contribution in [1.82, 2.24) is 10.2 Å². The van der Waals surface area contributed by atoms with Gasteiger partial charge in [0, 0.05) is 11.1 Å². The number of carbonyl (C=O) groups excluding carboxylic acids is 1. The average molecular weight is 348 g/mol. The van der Waals surface area contributed by atoms with E-state index in [2.05, 4.69) is 22.1 Å². The number of esters is 1. The summed E-state index contributed by atoms with van der Waals surface area (Å²) >= 11 is 8.32. The average Bonchev–Trinajstić information content (AvgIpc) is 2.91. The lowest BCUT2D eigenvalue weighted by molar-refractivity contribution is -0.139. The zero-order valence-electron chi connectivity index (χ0n) is 11.6. The minimum atomic E-state index is -0.334. The van der Waals surface area contributed by atoms with Crippen molar-refractivity contribution >= 4 is 45.8 Å². The molecule has 1 aliphatic rings. The maximum atomic E-state index is 11.4. The van der Waals surface area contributed by atoms with Crippen LogP contribution in [0.5, 0.6) is 0 Å². The predicted molar refractivity (Wildman–Crippen MR) is 87.1 cm³/mol. The number of thioether (sulfide) groups is 1. The maximum Gasteiger partial charge on any atom is 0.316 e. The Morgan fingerprint density at radius 3 is 2.90 bits per heavy atom. The molecule has 2 rings (SSSR count). The van der Waals surface area contributed by atoms with Gasteiger partial charge in [0.15, 0.2) is 4.34 Å². The van der Waals surface area contributed by atoms with E-state index in [0.29, 0.717) is 11.1 Å². The molecule has 116 valence electrons.